The predicted octanol–water partition coefficient (Wildman–Crippen LogP) is 2.24. The maximum absolute atomic E-state index is 14.3. The van der Waals surface area contributed by atoms with Crippen molar-refractivity contribution in [1.82, 2.24) is 19.5 Å². The molecule has 11 nitrogen and oxygen atoms in total. The van der Waals surface area contributed by atoms with E-state index < -0.39 is 43.2 Å². The van der Waals surface area contributed by atoms with Gasteiger partial charge in [-0.25, -0.2) is 19.3 Å². The SMILES string of the molecule is Nc1ncnc2c1ncn2[C@@H]1O[C@H](COP2(=S)OCCC(c3cc(Cl)ccc3F)O2)[C@@H](O)[C@H]1O. The minimum absolute atomic E-state index is 0.173. The van der Waals surface area contributed by atoms with E-state index >= 15 is 0 Å². The third kappa shape index (κ3) is 4.43. The van der Waals surface area contributed by atoms with E-state index in [-0.39, 0.29) is 24.6 Å². The van der Waals surface area contributed by atoms with Crippen molar-refractivity contribution in [1.29, 1.82) is 0 Å². The fourth-order valence-corrected chi connectivity index (χ4v) is 6.15. The van der Waals surface area contributed by atoms with Crippen LogP contribution in [0.2, 0.25) is 5.02 Å². The molecule has 2 fully saturated rings. The lowest BCUT2D eigenvalue weighted by molar-refractivity contribution is -0.0533. The summed E-state index contributed by atoms with van der Waals surface area (Å²) in [7, 11) is 0. The molecule has 34 heavy (non-hydrogen) atoms. The first-order chi connectivity index (χ1) is 16.3. The van der Waals surface area contributed by atoms with Crippen LogP contribution in [0.3, 0.4) is 0 Å². The minimum atomic E-state index is -3.30. The number of anilines is 1. The predicted molar refractivity (Wildman–Crippen MR) is 122 cm³/mol. The Morgan fingerprint density at radius 3 is 2.94 bits per heavy atom. The molecule has 15 heteroatoms. The number of nitrogens with two attached hydrogens (primary N) is 1. The van der Waals surface area contributed by atoms with Crippen LogP contribution in [0.4, 0.5) is 10.2 Å². The molecular formula is C19H20ClFN5O6PS. The van der Waals surface area contributed by atoms with E-state index in [2.05, 4.69) is 15.0 Å². The quantitative estimate of drug-likeness (QED) is 0.416. The zero-order chi connectivity index (χ0) is 24.0. The van der Waals surface area contributed by atoms with Gasteiger partial charge in [0.15, 0.2) is 17.7 Å². The van der Waals surface area contributed by atoms with Crippen LogP contribution in [0.15, 0.2) is 30.9 Å². The van der Waals surface area contributed by atoms with E-state index in [4.69, 9.17) is 47.4 Å². The molecule has 2 unspecified atom stereocenters. The van der Waals surface area contributed by atoms with Crippen LogP contribution in [0.5, 0.6) is 0 Å². The Hall–Kier alpha value is -1.80. The lowest BCUT2D eigenvalue weighted by Gasteiger charge is -2.32. The molecule has 0 aliphatic carbocycles. The summed E-state index contributed by atoms with van der Waals surface area (Å²) in [6.07, 6.45) is -2.29. The number of aromatic nitrogens is 4. The van der Waals surface area contributed by atoms with Crippen molar-refractivity contribution >= 4 is 47.1 Å². The molecule has 5 rings (SSSR count). The van der Waals surface area contributed by atoms with Crippen LogP contribution >= 0.6 is 18.3 Å². The van der Waals surface area contributed by atoms with Gasteiger partial charge in [-0.2, -0.15) is 0 Å². The lowest BCUT2D eigenvalue weighted by Crippen LogP contribution is -2.34. The number of ether oxygens (including phenoxy) is 1. The molecule has 0 radical (unpaired) electrons. The van der Waals surface area contributed by atoms with Gasteiger partial charge in [0.2, 0.25) is 0 Å². The number of halogens is 2. The van der Waals surface area contributed by atoms with Crippen LogP contribution in [0.25, 0.3) is 11.2 Å². The normalized spacial score (nSPS) is 31.8. The smallest absolute Gasteiger partial charge is 0.327 e. The number of imidazole rings is 1. The van der Waals surface area contributed by atoms with Crippen LogP contribution in [0.1, 0.15) is 24.3 Å². The molecule has 0 saturated carbocycles. The number of aliphatic hydroxyl groups is 2. The first-order valence-electron chi connectivity index (χ1n) is 10.2. The standard InChI is InChI=1S/C19H20ClFN5O6PS/c20-9-1-2-11(21)10(5-9)12-3-4-29-33(34,32-12)30-6-13-15(27)16(28)19(31-13)26-8-25-14-17(22)23-7-24-18(14)26/h1-2,5,7-8,12-13,15-16,19,27-28H,3-4,6H2,(H2,22,23,24)/t12?,13-,15-,16-,19-,33?/m1/s1. The van der Waals surface area contributed by atoms with Crippen molar-refractivity contribution in [2.45, 2.75) is 37.1 Å². The van der Waals surface area contributed by atoms with Gasteiger partial charge in [-0.05, 0) is 30.0 Å². The molecule has 6 atom stereocenters. The third-order valence-electron chi connectivity index (χ3n) is 5.59. The van der Waals surface area contributed by atoms with Gasteiger partial charge in [-0.15, -0.1) is 0 Å². The van der Waals surface area contributed by atoms with E-state index in [0.717, 1.165) is 0 Å². The number of nitrogens with zero attached hydrogens (tertiary/aromatic N) is 4. The van der Waals surface area contributed by atoms with Gasteiger partial charge in [0.05, 0.1) is 25.6 Å². The molecule has 182 valence electrons. The average Bonchev–Trinajstić information content (AvgIpc) is 3.36. The van der Waals surface area contributed by atoms with Gasteiger partial charge in [-0.3, -0.25) is 4.57 Å². The van der Waals surface area contributed by atoms with Gasteiger partial charge >= 0.3 is 6.72 Å². The molecule has 4 N–H and O–H groups in total. The van der Waals surface area contributed by atoms with Crippen molar-refractivity contribution in [3.63, 3.8) is 0 Å². The van der Waals surface area contributed by atoms with E-state index in [1.54, 1.807) is 0 Å². The summed E-state index contributed by atoms with van der Waals surface area (Å²) >= 11 is 11.4. The molecule has 3 aromatic rings. The highest BCUT2D eigenvalue weighted by molar-refractivity contribution is 8.07. The minimum Gasteiger partial charge on any atom is -0.387 e. The fraction of sp³-hybridized carbons (Fsp3) is 0.421. The number of nitrogen functional groups attached to an aromatic ring is 1. The third-order valence-corrected chi connectivity index (χ3v) is 8.19. The Balaban J connectivity index is 1.28. The Morgan fingerprint density at radius 1 is 1.29 bits per heavy atom. The maximum Gasteiger partial charge on any atom is 0.327 e. The van der Waals surface area contributed by atoms with E-state index in [1.165, 1.54) is 35.4 Å². The number of fused-ring (bicyclic) bond motifs is 1. The number of benzene rings is 1. The molecule has 2 aromatic heterocycles. The number of aliphatic hydroxyl groups excluding tert-OH is 2. The molecule has 2 aliphatic rings. The van der Waals surface area contributed by atoms with Crippen molar-refractivity contribution in [2.24, 2.45) is 0 Å². The van der Waals surface area contributed by atoms with Gasteiger partial charge in [0.1, 0.15) is 36.0 Å². The Morgan fingerprint density at radius 2 is 2.12 bits per heavy atom. The van der Waals surface area contributed by atoms with Crippen LogP contribution in [-0.2, 0) is 30.1 Å². The van der Waals surface area contributed by atoms with Gasteiger partial charge in [0.25, 0.3) is 0 Å². The van der Waals surface area contributed by atoms with Crippen molar-refractivity contribution in [3.05, 3.63) is 47.3 Å². The van der Waals surface area contributed by atoms with Crippen LogP contribution < -0.4 is 5.73 Å². The van der Waals surface area contributed by atoms with Crippen molar-refractivity contribution in [3.8, 4) is 0 Å². The lowest BCUT2D eigenvalue weighted by atomic mass is 10.1. The Labute approximate surface area is 202 Å². The molecule has 0 bridgehead atoms. The van der Waals surface area contributed by atoms with E-state index in [1.807, 2.05) is 0 Å². The number of rotatable bonds is 5. The topological polar surface area (TPSA) is 147 Å². The van der Waals surface area contributed by atoms with Gasteiger partial charge in [0, 0.05) is 17.0 Å². The fourth-order valence-electron chi connectivity index (χ4n) is 3.87. The summed E-state index contributed by atoms with van der Waals surface area (Å²) < 4.78 is 38.7. The van der Waals surface area contributed by atoms with Crippen LogP contribution in [-0.4, -0.2) is 61.3 Å². The zero-order valence-electron chi connectivity index (χ0n) is 17.4. The van der Waals surface area contributed by atoms with Crippen LogP contribution in [0, 0.1) is 5.82 Å². The molecule has 1 aromatic carbocycles. The highest BCUT2D eigenvalue weighted by Crippen LogP contribution is 2.58. The highest BCUT2D eigenvalue weighted by atomic mass is 35.5. The summed E-state index contributed by atoms with van der Waals surface area (Å²) in [5.74, 6) is -0.304. The Kier molecular flexibility index (Phi) is 6.57. The summed E-state index contributed by atoms with van der Waals surface area (Å²) in [5, 5.41) is 21.5. The van der Waals surface area contributed by atoms with Crippen molar-refractivity contribution in [2.75, 3.05) is 18.9 Å². The molecule has 2 aliphatic heterocycles. The summed E-state index contributed by atoms with van der Waals surface area (Å²) in [5.41, 5.74) is 6.74. The molecule has 0 spiro atoms. The summed E-state index contributed by atoms with van der Waals surface area (Å²) in [6.45, 7) is -3.35. The molecule has 4 heterocycles. The maximum atomic E-state index is 14.3. The first-order valence-corrected chi connectivity index (χ1v) is 13.2. The van der Waals surface area contributed by atoms with Gasteiger partial charge < -0.3 is 34.3 Å². The largest absolute Gasteiger partial charge is 0.387 e. The number of hydrogen-bond donors (Lipinski definition) is 3. The second kappa shape index (κ2) is 9.34. The molecule has 2 saturated heterocycles. The Bertz CT molecular complexity index is 1270. The molecular weight excluding hydrogens is 512 g/mol. The van der Waals surface area contributed by atoms with Crippen molar-refractivity contribution < 1.29 is 32.9 Å². The number of hydrogen-bond acceptors (Lipinski definition) is 11. The zero-order valence-corrected chi connectivity index (χ0v) is 19.9. The average molecular weight is 532 g/mol. The summed E-state index contributed by atoms with van der Waals surface area (Å²) in [4.78, 5) is 12.1. The second-order valence-electron chi connectivity index (χ2n) is 7.75. The van der Waals surface area contributed by atoms with E-state index in [0.29, 0.717) is 22.6 Å². The van der Waals surface area contributed by atoms with E-state index in [9.17, 15) is 14.6 Å². The second-order valence-corrected chi connectivity index (χ2v) is 11.2. The summed E-state index contributed by atoms with van der Waals surface area (Å²) in [6, 6.07) is 4.17. The monoisotopic (exact) mass is 531 g/mol. The molecule has 0 amide bonds. The first kappa shape index (κ1) is 23.9. The highest BCUT2D eigenvalue weighted by Gasteiger charge is 2.45. The van der Waals surface area contributed by atoms with Gasteiger partial charge in [-0.1, -0.05) is 11.6 Å².